The van der Waals surface area contributed by atoms with Crippen molar-refractivity contribution in [1.82, 2.24) is 15.3 Å². The van der Waals surface area contributed by atoms with Gasteiger partial charge in [0.15, 0.2) is 0 Å². The monoisotopic (exact) mass is 270 g/mol. The third-order valence-electron chi connectivity index (χ3n) is 3.32. The summed E-state index contributed by atoms with van der Waals surface area (Å²) in [5.41, 5.74) is 3.46. The number of nitrogens with zero attached hydrogens (tertiary/aromatic N) is 3. The molecule has 0 radical (unpaired) electrons. The first-order chi connectivity index (χ1) is 9.74. The van der Waals surface area contributed by atoms with Crippen molar-refractivity contribution < 1.29 is 0 Å². The van der Waals surface area contributed by atoms with Crippen molar-refractivity contribution in [1.29, 1.82) is 0 Å². The maximum Gasteiger partial charge on any atom is 0.225 e. The molecule has 0 bridgehead atoms. The molecule has 2 aromatic rings. The Labute approximate surface area is 120 Å². The van der Waals surface area contributed by atoms with Crippen molar-refractivity contribution in [3.8, 4) is 0 Å². The van der Waals surface area contributed by atoms with Crippen LogP contribution in [0.4, 0.5) is 5.95 Å². The average Bonchev–Trinajstić information content (AvgIpc) is 2.48. The summed E-state index contributed by atoms with van der Waals surface area (Å²) in [7, 11) is 1.93. The topological polar surface area (TPSA) is 41.1 Å². The fourth-order valence-electron chi connectivity index (χ4n) is 2.12. The van der Waals surface area contributed by atoms with E-state index in [4.69, 9.17) is 0 Å². The predicted molar refractivity (Wildman–Crippen MR) is 82.7 cm³/mol. The smallest absolute Gasteiger partial charge is 0.225 e. The minimum absolute atomic E-state index is 0.800. The second-order valence-electron chi connectivity index (χ2n) is 4.81. The Kier molecular flexibility index (Phi) is 5.07. The summed E-state index contributed by atoms with van der Waals surface area (Å²) in [6, 6.07) is 10.4. The maximum atomic E-state index is 4.63. The van der Waals surface area contributed by atoms with Crippen LogP contribution in [0.3, 0.4) is 0 Å². The zero-order valence-corrected chi connectivity index (χ0v) is 12.4. The Morgan fingerprint density at radius 3 is 2.55 bits per heavy atom. The Hall–Kier alpha value is -1.94. The fourth-order valence-corrected chi connectivity index (χ4v) is 2.12. The van der Waals surface area contributed by atoms with Crippen molar-refractivity contribution in [2.24, 2.45) is 0 Å². The molecule has 4 nitrogen and oxygen atoms in total. The predicted octanol–water partition coefficient (Wildman–Crippen LogP) is 2.53. The molecule has 1 N–H and O–H groups in total. The van der Waals surface area contributed by atoms with E-state index in [-0.39, 0.29) is 0 Å². The molecule has 4 heteroatoms. The van der Waals surface area contributed by atoms with Crippen molar-refractivity contribution in [2.45, 2.75) is 26.9 Å². The Morgan fingerprint density at radius 2 is 1.95 bits per heavy atom. The Morgan fingerprint density at radius 1 is 1.20 bits per heavy atom. The van der Waals surface area contributed by atoms with Gasteiger partial charge in [-0.25, -0.2) is 9.97 Å². The first kappa shape index (κ1) is 14.5. The minimum Gasteiger partial charge on any atom is -0.337 e. The van der Waals surface area contributed by atoms with Gasteiger partial charge in [0.05, 0.1) is 0 Å². The SMILES string of the molecule is CCN(Cc1ccccc1)c1ncc(CNC)c(C)n1. The largest absolute Gasteiger partial charge is 0.337 e. The quantitative estimate of drug-likeness (QED) is 0.876. The lowest BCUT2D eigenvalue weighted by Crippen LogP contribution is -2.25. The Balaban J connectivity index is 2.17. The van der Waals surface area contributed by atoms with Crippen LogP contribution in [0, 0.1) is 6.92 Å². The van der Waals surface area contributed by atoms with E-state index in [1.807, 2.05) is 26.2 Å². The number of hydrogen-bond acceptors (Lipinski definition) is 4. The first-order valence-electron chi connectivity index (χ1n) is 7.00. The highest BCUT2D eigenvalue weighted by Crippen LogP contribution is 2.14. The van der Waals surface area contributed by atoms with Crippen molar-refractivity contribution in [3.05, 3.63) is 53.3 Å². The summed E-state index contributed by atoms with van der Waals surface area (Å²) in [5, 5.41) is 3.13. The molecular weight excluding hydrogens is 248 g/mol. The molecular formula is C16H22N4. The normalized spacial score (nSPS) is 10.6. The maximum absolute atomic E-state index is 4.63. The van der Waals surface area contributed by atoms with Gasteiger partial charge in [-0.1, -0.05) is 30.3 Å². The van der Waals surface area contributed by atoms with E-state index in [1.165, 1.54) is 5.56 Å². The average molecular weight is 270 g/mol. The third-order valence-corrected chi connectivity index (χ3v) is 3.32. The molecule has 1 aromatic carbocycles. The van der Waals surface area contributed by atoms with Gasteiger partial charge < -0.3 is 10.2 Å². The molecule has 0 amide bonds. The molecule has 0 aliphatic rings. The molecule has 0 fully saturated rings. The summed E-state index contributed by atoms with van der Waals surface area (Å²) < 4.78 is 0. The molecule has 106 valence electrons. The lowest BCUT2D eigenvalue weighted by Gasteiger charge is -2.21. The number of benzene rings is 1. The number of aryl methyl sites for hydroxylation is 1. The lowest BCUT2D eigenvalue weighted by atomic mass is 10.2. The minimum atomic E-state index is 0.800. The molecule has 0 atom stereocenters. The molecule has 20 heavy (non-hydrogen) atoms. The van der Waals surface area contributed by atoms with E-state index in [0.717, 1.165) is 36.8 Å². The van der Waals surface area contributed by atoms with Gasteiger partial charge >= 0.3 is 0 Å². The number of nitrogens with one attached hydrogen (secondary N) is 1. The number of aromatic nitrogens is 2. The summed E-state index contributed by atoms with van der Waals surface area (Å²) in [6.45, 7) is 6.69. The highest BCUT2D eigenvalue weighted by Gasteiger charge is 2.10. The van der Waals surface area contributed by atoms with Gasteiger partial charge in [0, 0.05) is 37.1 Å². The summed E-state index contributed by atoms with van der Waals surface area (Å²) >= 11 is 0. The molecule has 0 spiro atoms. The van der Waals surface area contributed by atoms with Crippen LogP contribution >= 0.6 is 0 Å². The van der Waals surface area contributed by atoms with Gasteiger partial charge in [-0.05, 0) is 26.5 Å². The molecule has 1 heterocycles. The summed E-state index contributed by atoms with van der Waals surface area (Å²) in [6.07, 6.45) is 1.92. The van der Waals surface area contributed by atoms with E-state index < -0.39 is 0 Å². The van der Waals surface area contributed by atoms with Crippen LogP contribution in [0.2, 0.25) is 0 Å². The highest BCUT2D eigenvalue weighted by atomic mass is 15.2. The van der Waals surface area contributed by atoms with Gasteiger partial charge in [0.2, 0.25) is 5.95 Å². The van der Waals surface area contributed by atoms with E-state index in [1.54, 1.807) is 0 Å². The van der Waals surface area contributed by atoms with E-state index in [2.05, 4.69) is 51.4 Å². The van der Waals surface area contributed by atoms with Crippen LogP contribution in [-0.2, 0) is 13.1 Å². The third kappa shape index (κ3) is 3.54. The van der Waals surface area contributed by atoms with Gasteiger partial charge in [-0.2, -0.15) is 0 Å². The van der Waals surface area contributed by atoms with Crippen molar-refractivity contribution in [3.63, 3.8) is 0 Å². The van der Waals surface area contributed by atoms with Gasteiger partial charge in [-0.15, -0.1) is 0 Å². The standard InChI is InChI=1S/C16H22N4/c1-4-20(12-14-8-6-5-7-9-14)16-18-11-15(10-17-3)13(2)19-16/h5-9,11,17H,4,10,12H2,1-3H3. The zero-order valence-electron chi connectivity index (χ0n) is 12.4. The van der Waals surface area contributed by atoms with Crippen molar-refractivity contribution >= 4 is 5.95 Å². The fraction of sp³-hybridized carbons (Fsp3) is 0.375. The van der Waals surface area contributed by atoms with E-state index in [9.17, 15) is 0 Å². The van der Waals surface area contributed by atoms with E-state index in [0.29, 0.717) is 0 Å². The van der Waals surface area contributed by atoms with Crippen LogP contribution in [0.1, 0.15) is 23.7 Å². The molecule has 0 unspecified atom stereocenters. The van der Waals surface area contributed by atoms with Crippen LogP contribution in [-0.4, -0.2) is 23.6 Å². The highest BCUT2D eigenvalue weighted by molar-refractivity contribution is 5.34. The van der Waals surface area contributed by atoms with Crippen LogP contribution < -0.4 is 10.2 Å². The second kappa shape index (κ2) is 7.01. The Bertz CT molecular complexity index is 539. The number of anilines is 1. The zero-order chi connectivity index (χ0) is 14.4. The molecule has 0 saturated carbocycles. The lowest BCUT2D eigenvalue weighted by molar-refractivity contribution is 0.763. The molecule has 0 aliphatic carbocycles. The molecule has 2 rings (SSSR count). The van der Waals surface area contributed by atoms with Crippen LogP contribution in [0.15, 0.2) is 36.5 Å². The summed E-state index contributed by atoms with van der Waals surface area (Å²) in [4.78, 5) is 11.3. The first-order valence-corrected chi connectivity index (χ1v) is 7.00. The number of hydrogen-bond donors (Lipinski definition) is 1. The van der Waals surface area contributed by atoms with Crippen molar-refractivity contribution in [2.75, 3.05) is 18.5 Å². The van der Waals surface area contributed by atoms with Gasteiger partial charge in [-0.3, -0.25) is 0 Å². The van der Waals surface area contributed by atoms with Gasteiger partial charge in [0.25, 0.3) is 0 Å². The van der Waals surface area contributed by atoms with E-state index >= 15 is 0 Å². The molecule has 0 saturated heterocycles. The van der Waals surface area contributed by atoms with Crippen LogP contribution in [0.5, 0.6) is 0 Å². The van der Waals surface area contributed by atoms with Crippen LogP contribution in [0.25, 0.3) is 0 Å². The molecule has 0 aliphatic heterocycles. The number of rotatable bonds is 6. The van der Waals surface area contributed by atoms with Gasteiger partial charge in [0.1, 0.15) is 0 Å². The second-order valence-corrected chi connectivity index (χ2v) is 4.81. The molecule has 1 aromatic heterocycles. The summed E-state index contributed by atoms with van der Waals surface area (Å²) in [5.74, 6) is 0.800.